The van der Waals surface area contributed by atoms with Gasteiger partial charge in [-0.05, 0) is 169 Å². The van der Waals surface area contributed by atoms with Gasteiger partial charge in [0.2, 0.25) is 0 Å². The van der Waals surface area contributed by atoms with Crippen molar-refractivity contribution < 1.29 is 9.47 Å². The molecule has 5 heteroatoms. The van der Waals surface area contributed by atoms with E-state index in [1.807, 2.05) is 0 Å². The first-order valence-electron chi connectivity index (χ1n) is 24.7. The number of hydrogen-bond acceptors (Lipinski definition) is 5. The van der Waals surface area contributed by atoms with Crippen LogP contribution >= 0.6 is 23.5 Å². The third kappa shape index (κ3) is 5.93. The predicted octanol–water partition coefficient (Wildman–Crippen LogP) is 11.7. The summed E-state index contributed by atoms with van der Waals surface area (Å²) in [6, 6.07) is 2.33. The van der Waals surface area contributed by atoms with Gasteiger partial charge in [-0.25, -0.2) is 0 Å². The Labute approximate surface area is 332 Å². The first-order chi connectivity index (χ1) is 26.3. The molecule has 0 bridgehead atoms. The van der Waals surface area contributed by atoms with Gasteiger partial charge >= 0.3 is 0 Å². The van der Waals surface area contributed by atoms with Crippen LogP contribution in [0.2, 0.25) is 0 Å². The fourth-order valence-corrected chi connectivity index (χ4v) is 22.3. The van der Waals surface area contributed by atoms with E-state index in [4.69, 9.17) is 9.47 Å². The minimum atomic E-state index is 0.541. The van der Waals surface area contributed by atoms with Crippen LogP contribution < -0.4 is 0 Å². The number of nitrogens with zero attached hydrogens (tertiary/aromatic N) is 1. The molecule has 4 heterocycles. The molecule has 8 aliphatic carbocycles. The molecule has 296 valence electrons. The lowest BCUT2D eigenvalue weighted by Gasteiger charge is -2.54. The van der Waals surface area contributed by atoms with Gasteiger partial charge in [0.1, 0.15) is 0 Å². The largest absolute Gasteiger partial charge is 0.374 e. The molecule has 0 aromatic rings. The molecule has 3 nitrogen and oxygen atoms in total. The van der Waals surface area contributed by atoms with E-state index in [2.05, 4.69) is 28.4 Å². The maximum absolute atomic E-state index is 7.61. The van der Waals surface area contributed by atoms with Crippen molar-refractivity contribution in [3.8, 4) is 0 Å². The first kappa shape index (κ1) is 35.5. The molecule has 0 amide bonds. The third-order valence-electron chi connectivity index (χ3n) is 19.9. The summed E-state index contributed by atoms with van der Waals surface area (Å²) < 4.78 is 15.0. The summed E-state index contributed by atoms with van der Waals surface area (Å²) in [5, 5.41) is 3.80. The van der Waals surface area contributed by atoms with Gasteiger partial charge in [-0.1, -0.05) is 57.8 Å². The van der Waals surface area contributed by atoms with E-state index in [1.165, 1.54) is 161 Å². The average Bonchev–Trinajstić information content (AvgIpc) is 3.98. The summed E-state index contributed by atoms with van der Waals surface area (Å²) in [4.78, 5) is 3.37. The third-order valence-corrected chi connectivity index (χ3v) is 23.6. The predicted molar refractivity (Wildman–Crippen MR) is 220 cm³/mol. The van der Waals surface area contributed by atoms with Gasteiger partial charge in [0.25, 0.3) is 0 Å². The summed E-state index contributed by atoms with van der Waals surface area (Å²) in [6.45, 7) is 0. The molecule has 0 aromatic carbocycles. The van der Waals surface area contributed by atoms with E-state index in [-0.39, 0.29) is 0 Å². The highest BCUT2D eigenvalue weighted by atomic mass is 32.2. The van der Waals surface area contributed by atoms with E-state index in [1.54, 1.807) is 12.8 Å². The maximum Gasteiger partial charge on any atom is 0.0766 e. The topological polar surface area (TPSA) is 21.7 Å². The lowest BCUT2D eigenvalue weighted by Crippen LogP contribution is -2.61. The second-order valence-corrected chi connectivity index (χ2v) is 24.7. The van der Waals surface area contributed by atoms with Crippen LogP contribution in [0, 0.1) is 59.2 Å². The highest BCUT2D eigenvalue weighted by Crippen LogP contribution is 2.63. The van der Waals surface area contributed by atoms with Crippen molar-refractivity contribution in [1.29, 1.82) is 0 Å². The van der Waals surface area contributed by atoms with Crippen LogP contribution in [0.5, 0.6) is 0 Å². The maximum atomic E-state index is 7.61. The van der Waals surface area contributed by atoms with Crippen LogP contribution in [-0.2, 0) is 9.47 Å². The van der Waals surface area contributed by atoms with Crippen molar-refractivity contribution in [3.05, 3.63) is 0 Å². The molecular weight excluding hydrogens is 687 g/mol. The zero-order valence-electron chi connectivity index (χ0n) is 33.3. The van der Waals surface area contributed by atoms with E-state index in [0.29, 0.717) is 30.5 Å². The molecule has 4 aliphatic heterocycles. The van der Waals surface area contributed by atoms with Crippen LogP contribution in [0.1, 0.15) is 173 Å². The van der Waals surface area contributed by atoms with Gasteiger partial charge in [-0.2, -0.15) is 23.5 Å². The Morgan fingerprint density at radius 2 is 0.981 bits per heavy atom. The van der Waals surface area contributed by atoms with Gasteiger partial charge < -0.3 is 9.47 Å². The van der Waals surface area contributed by atoms with Crippen LogP contribution in [0.15, 0.2) is 0 Å². The summed E-state index contributed by atoms with van der Waals surface area (Å²) >= 11 is 4.99. The molecule has 4 saturated heterocycles. The molecule has 12 aliphatic rings. The van der Waals surface area contributed by atoms with Gasteiger partial charge in [-0.15, -0.1) is 0 Å². The first-order valence-corrected chi connectivity index (χ1v) is 26.6. The van der Waals surface area contributed by atoms with Crippen LogP contribution in [0.4, 0.5) is 0 Å². The van der Waals surface area contributed by atoms with Gasteiger partial charge in [0.05, 0.1) is 24.4 Å². The molecular formula is C48H75NO2S2. The van der Waals surface area contributed by atoms with Crippen molar-refractivity contribution in [2.45, 2.75) is 237 Å². The van der Waals surface area contributed by atoms with Crippen LogP contribution in [-0.4, -0.2) is 68.4 Å². The second-order valence-electron chi connectivity index (χ2n) is 21.8. The van der Waals surface area contributed by atoms with Crippen molar-refractivity contribution in [2.24, 2.45) is 59.2 Å². The summed E-state index contributed by atoms with van der Waals surface area (Å²) in [7, 11) is 0. The SMILES string of the molecule is C1CCC2C(C1)OC1C2CCCC1N(C1CCC(C2CCCC3C4CCC5SC6CCCCC6C5C4OC23)CC1)C1CCCC2C3CCCCC3SC21. The van der Waals surface area contributed by atoms with Crippen LogP contribution in [0.3, 0.4) is 0 Å². The number of hydrogen-bond donors (Lipinski definition) is 0. The highest BCUT2D eigenvalue weighted by molar-refractivity contribution is 8.01. The fourth-order valence-electron chi connectivity index (χ4n) is 18.0. The Kier molecular flexibility index (Phi) is 9.85. The summed E-state index contributed by atoms with van der Waals surface area (Å²) in [5.41, 5.74) is 0. The molecule has 0 spiro atoms. The molecule has 8 saturated carbocycles. The Morgan fingerprint density at radius 1 is 0.358 bits per heavy atom. The zero-order valence-corrected chi connectivity index (χ0v) is 34.9. The average molecular weight is 762 g/mol. The summed E-state index contributed by atoms with van der Waals surface area (Å²) in [6.07, 6.45) is 42.5. The minimum Gasteiger partial charge on any atom is -0.374 e. The van der Waals surface area contributed by atoms with Gasteiger partial charge in [0.15, 0.2) is 0 Å². The standard InChI is InChI=1S/C48H75NO2S2/c1-4-19-40-31(10-1)33-15-8-17-38(46(33)50-40)49(39-18-9-16-36-32-11-2-5-20-41(32)53-48(36)39)29-24-22-28(23-25-29)30-13-7-14-34-35-26-27-43-44(47(35)51-45(30)34)37-12-3-6-21-42(37)52-43/h28-48H,1-27H2. The lowest BCUT2D eigenvalue weighted by atomic mass is 9.62. The quantitative estimate of drug-likeness (QED) is 0.284. The second kappa shape index (κ2) is 14.7. The number of rotatable bonds is 4. The number of fused-ring (bicyclic) bond motifs is 13. The molecule has 0 aromatic heterocycles. The normalized spacial score (nSPS) is 57.3. The fraction of sp³-hybridized carbons (Fsp3) is 1.00. The van der Waals surface area contributed by atoms with Gasteiger partial charge in [-0.3, -0.25) is 4.90 Å². The smallest absolute Gasteiger partial charge is 0.0766 e. The van der Waals surface area contributed by atoms with E-state index < -0.39 is 0 Å². The monoisotopic (exact) mass is 762 g/mol. The van der Waals surface area contributed by atoms with E-state index in [0.717, 1.165) is 92.3 Å². The van der Waals surface area contributed by atoms with Crippen molar-refractivity contribution in [2.75, 3.05) is 0 Å². The molecule has 19 unspecified atom stereocenters. The highest BCUT2D eigenvalue weighted by Gasteiger charge is 2.61. The van der Waals surface area contributed by atoms with Crippen molar-refractivity contribution >= 4 is 23.5 Å². The molecule has 53 heavy (non-hydrogen) atoms. The molecule has 12 rings (SSSR count). The lowest BCUT2D eigenvalue weighted by molar-refractivity contribution is -0.0930. The molecule has 19 atom stereocenters. The summed E-state index contributed by atoms with van der Waals surface area (Å²) in [5.74, 6) is 9.26. The van der Waals surface area contributed by atoms with E-state index in [9.17, 15) is 0 Å². The Balaban J connectivity index is 0.792. The molecule has 0 radical (unpaired) electrons. The zero-order chi connectivity index (χ0) is 34.6. The minimum absolute atomic E-state index is 0.541. The number of ether oxygens (including phenoxy) is 2. The molecule has 12 fully saturated rings. The Bertz CT molecular complexity index is 1260. The van der Waals surface area contributed by atoms with Crippen molar-refractivity contribution in [1.82, 2.24) is 4.90 Å². The van der Waals surface area contributed by atoms with E-state index >= 15 is 0 Å². The Morgan fingerprint density at radius 3 is 1.83 bits per heavy atom. The van der Waals surface area contributed by atoms with Crippen molar-refractivity contribution in [3.63, 3.8) is 0 Å². The molecule has 0 N–H and O–H groups in total. The van der Waals surface area contributed by atoms with Crippen LogP contribution in [0.25, 0.3) is 0 Å². The van der Waals surface area contributed by atoms with Gasteiger partial charge in [0, 0.05) is 45.0 Å². The number of thioether (sulfide) groups is 2. The Hall–Kier alpha value is 0.580.